The highest BCUT2D eigenvalue weighted by Crippen LogP contribution is 2.26. The molecule has 0 unspecified atom stereocenters. The van der Waals surface area contributed by atoms with Crippen molar-refractivity contribution in [2.24, 2.45) is 0 Å². The number of pyridine rings is 1. The fourth-order valence-corrected chi connectivity index (χ4v) is 1.69. The van der Waals surface area contributed by atoms with Gasteiger partial charge in [-0.2, -0.15) is 0 Å². The standard InChI is InChI=1S/C10H11BrN2O/c1-7(2)14-9-5-10-12-3-4-13(10)6-8(9)11/h3-7H,1-2H3. The quantitative estimate of drug-likeness (QED) is 0.824. The number of hydrogen-bond acceptors (Lipinski definition) is 2. The number of fused-ring (bicyclic) bond motifs is 1. The molecule has 0 saturated carbocycles. The summed E-state index contributed by atoms with van der Waals surface area (Å²) >= 11 is 3.46. The van der Waals surface area contributed by atoms with Crippen molar-refractivity contribution in [1.82, 2.24) is 9.38 Å². The SMILES string of the molecule is CC(C)Oc1cc2nccn2cc1Br. The van der Waals surface area contributed by atoms with Crippen LogP contribution in [0, 0.1) is 0 Å². The number of imidazole rings is 1. The van der Waals surface area contributed by atoms with Crippen LogP contribution in [0.5, 0.6) is 5.75 Å². The topological polar surface area (TPSA) is 26.5 Å². The summed E-state index contributed by atoms with van der Waals surface area (Å²) in [6.45, 7) is 4.00. The van der Waals surface area contributed by atoms with Crippen LogP contribution in [0.25, 0.3) is 5.65 Å². The zero-order valence-corrected chi connectivity index (χ0v) is 9.65. The molecule has 0 aromatic carbocycles. The van der Waals surface area contributed by atoms with Gasteiger partial charge in [-0.3, -0.25) is 0 Å². The van der Waals surface area contributed by atoms with Gasteiger partial charge in [0.1, 0.15) is 11.4 Å². The van der Waals surface area contributed by atoms with E-state index in [1.807, 2.05) is 36.7 Å². The largest absolute Gasteiger partial charge is 0.490 e. The van der Waals surface area contributed by atoms with E-state index in [-0.39, 0.29) is 6.10 Å². The highest BCUT2D eigenvalue weighted by molar-refractivity contribution is 9.10. The number of halogens is 1. The Morgan fingerprint density at radius 1 is 1.50 bits per heavy atom. The highest BCUT2D eigenvalue weighted by Gasteiger charge is 2.05. The molecule has 74 valence electrons. The van der Waals surface area contributed by atoms with E-state index in [2.05, 4.69) is 20.9 Å². The summed E-state index contributed by atoms with van der Waals surface area (Å²) in [4.78, 5) is 4.19. The van der Waals surface area contributed by atoms with Gasteiger partial charge in [0.05, 0.1) is 10.6 Å². The minimum absolute atomic E-state index is 0.170. The van der Waals surface area contributed by atoms with E-state index in [1.54, 1.807) is 6.20 Å². The van der Waals surface area contributed by atoms with Gasteiger partial charge < -0.3 is 9.14 Å². The Kier molecular flexibility index (Phi) is 2.46. The Bertz CT molecular complexity index is 450. The zero-order valence-electron chi connectivity index (χ0n) is 8.07. The van der Waals surface area contributed by atoms with Crippen LogP contribution in [-0.4, -0.2) is 15.5 Å². The molecule has 0 amide bonds. The van der Waals surface area contributed by atoms with Gasteiger partial charge in [0, 0.05) is 24.7 Å². The van der Waals surface area contributed by atoms with Crippen LogP contribution in [0.15, 0.2) is 29.1 Å². The Morgan fingerprint density at radius 3 is 3.00 bits per heavy atom. The third kappa shape index (κ3) is 1.75. The summed E-state index contributed by atoms with van der Waals surface area (Å²) in [6.07, 6.45) is 5.78. The molecular formula is C10H11BrN2O. The van der Waals surface area contributed by atoms with Gasteiger partial charge in [0.15, 0.2) is 0 Å². The Hall–Kier alpha value is -1.03. The molecule has 3 nitrogen and oxygen atoms in total. The molecule has 0 atom stereocenters. The molecule has 4 heteroatoms. The average molecular weight is 255 g/mol. The van der Waals surface area contributed by atoms with Gasteiger partial charge in [0.2, 0.25) is 0 Å². The second kappa shape index (κ2) is 3.61. The van der Waals surface area contributed by atoms with E-state index in [4.69, 9.17) is 4.74 Å². The lowest BCUT2D eigenvalue weighted by Gasteiger charge is -2.11. The maximum absolute atomic E-state index is 5.62. The fraction of sp³-hybridized carbons (Fsp3) is 0.300. The molecule has 14 heavy (non-hydrogen) atoms. The highest BCUT2D eigenvalue weighted by atomic mass is 79.9. The molecule has 2 heterocycles. The lowest BCUT2D eigenvalue weighted by atomic mass is 10.4. The monoisotopic (exact) mass is 254 g/mol. The second-order valence-electron chi connectivity index (χ2n) is 3.34. The first-order chi connectivity index (χ1) is 6.66. The Balaban J connectivity index is 2.48. The summed E-state index contributed by atoms with van der Waals surface area (Å²) in [7, 11) is 0. The molecule has 2 aromatic rings. The van der Waals surface area contributed by atoms with Gasteiger partial charge in [-0.25, -0.2) is 4.98 Å². The number of ether oxygens (including phenoxy) is 1. The van der Waals surface area contributed by atoms with Crippen molar-refractivity contribution < 1.29 is 4.74 Å². The van der Waals surface area contributed by atoms with Crippen molar-refractivity contribution >= 4 is 21.6 Å². The molecule has 2 rings (SSSR count). The van der Waals surface area contributed by atoms with E-state index >= 15 is 0 Å². The lowest BCUT2D eigenvalue weighted by Crippen LogP contribution is -2.06. The van der Waals surface area contributed by atoms with Crippen LogP contribution in [0.4, 0.5) is 0 Å². The molecule has 0 aliphatic rings. The second-order valence-corrected chi connectivity index (χ2v) is 4.20. The molecule has 0 fully saturated rings. The lowest BCUT2D eigenvalue weighted by molar-refractivity contribution is 0.241. The maximum Gasteiger partial charge on any atom is 0.140 e. The van der Waals surface area contributed by atoms with Gasteiger partial charge in [-0.1, -0.05) is 0 Å². The van der Waals surface area contributed by atoms with Crippen LogP contribution in [0.2, 0.25) is 0 Å². The molecule has 0 N–H and O–H groups in total. The van der Waals surface area contributed by atoms with Crippen LogP contribution < -0.4 is 4.74 Å². The number of rotatable bonds is 2. The van der Waals surface area contributed by atoms with Crippen molar-refractivity contribution in [2.75, 3.05) is 0 Å². The third-order valence-corrected chi connectivity index (χ3v) is 2.40. The van der Waals surface area contributed by atoms with Crippen LogP contribution in [0.3, 0.4) is 0 Å². The van der Waals surface area contributed by atoms with E-state index in [9.17, 15) is 0 Å². The maximum atomic E-state index is 5.62. The summed E-state index contributed by atoms with van der Waals surface area (Å²) in [5.74, 6) is 0.832. The average Bonchev–Trinajstić information content (AvgIpc) is 2.51. The van der Waals surface area contributed by atoms with Crippen molar-refractivity contribution in [1.29, 1.82) is 0 Å². The van der Waals surface area contributed by atoms with E-state index in [0.717, 1.165) is 15.9 Å². The molecular weight excluding hydrogens is 244 g/mol. The van der Waals surface area contributed by atoms with Crippen LogP contribution in [-0.2, 0) is 0 Å². The number of aromatic nitrogens is 2. The first-order valence-electron chi connectivity index (χ1n) is 4.45. The van der Waals surface area contributed by atoms with Gasteiger partial charge >= 0.3 is 0 Å². The first-order valence-corrected chi connectivity index (χ1v) is 5.25. The minimum atomic E-state index is 0.170. The van der Waals surface area contributed by atoms with Crippen molar-refractivity contribution in [3.63, 3.8) is 0 Å². The molecule has 2 aromatic heterocycles. The Morgan fingerprint density at radius 2 is 2.29 bits per heavy atom. The zero-order chi connectivity index (χ0) is 10.1. The molecule has 0 aliphatic carbocycles. The van der Waals surface area contributed by atoms with Crippen molar-refractivity contribution in [2.45, 2.75) is 20.0 Å². The molecule has 0 radical (unpaired) electrons. The third-order valence-electron chi connectivity index (χ3n) is 1.81. The fourth-order valence-electron chi connectivity index (χ4n) is 1.26. The summed E-state index contributed by atoms with van der Waals surface area (Å²) in [6, 6.07) is 1.92. The van der Waals surface area contributed by atoms with Gasteiger partial charge in [-0.05, 0) is 29.8 Å². The van der Waals surface area contributed by atoms with E-state index in [0.29, 0.717) is 0 Å². The van der Waals surface area contributed by atoms with E-state index < -0.39 is 0 Å². The molecule has 0 spiro atoms. The summed E-state index contributed by atoms with van der Waals surface area (Å²) in [5.41, 5.74) is 0.892. The predicted octanol–water partition coefficient (Wildman–Crippen LogP) is 2.88. The van der Waals surface area contributed by atoms with Crippen molar-refractivity contribution in [3.05, 3.63) is 29.1 Å². The van der Waals surface area contributed by atoms with Crippen LogP contribution >= 0.6 is 15.9 Å². The first kappa shape index (κ1) is 9.52. The normalized spacial score (nSPS) is 11.1. The molecule has 0 saturated heterocycles. The predicted molar refractivity (Wildman–Crippen MR) is 58.7 cm³/mol. The summed E-state index contributed by atoms with van der Waals surface area (Å²) < 4.78 is 8.51. The van der Waals surface area contributed by atoms with Gasteiger partial charge in [0.25, 0.3) is 0 Å². The van der Waals surface area contributed by atoms with Gasteiger partial charge in [-0.15, -0.1) is 0 Å². The van der Waals surface area contributed by atoms with Crippen molar-refractivity contribution in [3.8, 4) is 5.75 Å². The number of nitrogens with zero attached hydrogens (tertiary/aromatic N) is 2. The molecule has 0 bridgehead atoms. The number of hydrogen-bond donors (Lipinski definition) is 0. The minimum Gasteiger partial charge on any atom is -0.490 e. The summed E-state index contributed by atoms with van der Waals surface area (Å²) in [5, 5.41) is 0. The van der Waals surface area contributed by atoms with Crippen LogP contribution in [0.1, 0.15) is 13.8 Å². The van der Waals surface area contributed by atoms with E-state index in [1.165, 1.54) is 0 Å². The Labute approximate surface area is 90.8 Å². The smallest absolute Gasteiger partial charge is 0.140 e. The molecule has 0 aliphatic heterocycles.